The summed E-state index contributed by atoms with van der Waals surface area (Å²) in [5.74, 6) is 5.91. The molecule has 0 aliphatic carbocycles. The van der Waals surface area contributed by atoms with Gasteiger partial charge in [-0.1, -0.05) is 11.8 Å². The van der Waals surface area contributed by atoms with Gasteiger partial charge in [0.15, 0.2) is 18.0 Å². The molecule has 9 heteroatoms. The van der Waals surface area contributed by atoms with Crippen LogP contribution in [-0.4, -0.2) is 37.5 Å². The van der Waals surface area contributed by atoms with Crippen molar-refractivity contribution in [2.24, 2.45) is 0 Å². The monoisotopic (exact) mass is 488 g/mol. The van der Waals surface area contributed by atoms with Gasteiger partial charge in [0.25, 0.3) is 0 Å². The minimum atomic E-state index is -0.288. The van der Waals surface area contributed by atoms with E-state index in [-0.39, 0.29) is 42.2 Å². The predicted octanol–water partition coefficient (Wildman–Crippen LogP) is 3.02. The topological polar surface area (TPSA) is 118 Å². The molecule has 2 unspecified atom stereocenters. The van der Waals surface area contributed by atoms with E-state index >= 15 is 0 Å². The van der Waals surface area contributed by atoms with Crippen LogP contribution < -0.4 is 10.9 Å². The second-order valence-electron chi connectivity index (χ2n) is 8.19. The van der Waals surface area contributed by atoms with Crippen molar-refractivity contribution in [3.63, 3.8) is 0 Å². The molecule has 2 saturated heterocycles. The first-order valence-corrected chi connectivity index (χ1v) is 11.8. The van der Waals surface area contributed by atoms with Crippen molar-refractivity contribution in [3.8, 4) is 11.8 Å². The molecule has 0 amide bonds. The van der Waals surface area contributed by atoms with Crippen LogP contribution in [0.15, 0.2) is 43.1 Å². The van der Waals surface area contributed by atoms with Crippen molar-refractivity contribution >= 4 is 0 Å². The largest absolute Gasteiger partial charge is 0.466 e. The lowest BCUT2D eigenvalue weighted by atomic mass is 10.2. The van der Waals surface area contributed by atoms with E-state index in [1.54, 1.807) is 6.92 Å². The standard InChI is InChI=1S/C14H16O5.C12H16O4/c15-6-3-4-11-9-18-12(8-13(11)16)10-19-14-5-1-2-7-17-14;1-9-7-15-10(6-11(9)13)8-16-12-4-2-3-5-14-12/h8-9,14-15H,1-2,5-7,10H2;6-7,12H,2-5,8H2,1H3. The molecular formula is C26H32O9. The van der Waals surface area contributed by atoms with Crippen molar-refractivity contribution in [1.82, 2.24) is 0 Å². The summed E-state index contributed by atoms with van der Waals surface area (Å²) in [6.07, 6.45) is 8.53. The summed E-state index contributed by atoms with van der Waals surface area (Å²) in [6.45, 7) is 3.39. The van der Waals surface area contributed by atoms with Gasteiger partial charge in [0.2, 0.25) is 5.43 Å². The summed E-state index contributed by atoms with van der Waals surface area (Å²) in [5.41, 5.74) is 0.578. The fourth-order valence-electron chi connectivity index (χ4n) is 3.38. The molecule has 2 aromatic rings. The fraction of sp³-hybridized carbons (Fsp3) is 0.538. The summed E-state index contributed by atoms with van der Waals surface area (Å²) in [5, 5.41) is 8.56. The highest BCUT2D eigenvalue weighted by Crippen LogP contribution is 2.16. The Morgan fingerprint density at radius 3 is 1.94 bits per heavy atom. The van der Waals surface area contributed by atoms with Gasteiger partial charge >= 0.3 is 0 Å². The van der Waals surface area contributed by atoms with Crippen LogP contribution in [0.1, 0.15) is 61.2 Å². The molecule has 190 valence electrons. The van der Waals surface area contributed by atoms with E-state index in [2.05, 4.69) is 11.8 Å². The molecule has 2 aromatic heterocycles. The van der Waals surface area contributed by atoms with Crippen LogP contribution in [0.5, 0.6) is 0 Å². The van der Waals surface area contributed by atoms with Crippen molar-refractivity contribution in [3.05, 3.63) is 67.8 Å². The second-order valence-corrected chi connectivity index (χ2v) is 8.19. The van der Waals surface area contributed by atoms with Crippen LogP contribution in [0.3, 0.4) is 0 Å². The van der Waals surface area contributed by atoms with Gasteiger partial charge in [0.05, 0.1) is 6.26 Å². The number of aryl methyl sites for hydroxylation is 1. The van der Waals surface area contributed by atoms with Gasteiger partial charge in [-0.05, 0) is 45.4 Å². The Hall–Kier alpha value is -2.74. The van der Waals surface area contributed by atoms with Crippen LogP contribution in [0.25, 0.3) is 0 Å². The molecule has 35 heavy (non-hydrogen) atoms. The minimum Gasteiger partial charge on any atom is -0.466 e. The van der Waals surface area contributed by atoms with Gasteiger partial charge in [-0.15, -0.1) is 0 Å². The molecule has 4 heterocycles. The zero-order valence-electron chi connectivity index (χ0n) is 20.0. The van der Waals surface area contributed by atoms with E-state index < -0.39 is 0 Å². The lowest BCUT2D eigenvalue weighted by Gasteiger charge is -2.22. The highest BCUT2D eigenvalue weighted by molar-refractivity contribution is 5.31. The van der Waals surface area contributed by atoms with Gasteiger partial charge in [-0.3, -0.25) is 9.59 Å². The number of hydrogen-bond donors (Lipinski definition) is 1. The van der Waals surface area contributed by atoms with Crippen LogP contribution >= 0.6 is 0 Å². The van der Waals surface area contributed by atoms with Gasteiger partial charge < -0.3 is 32.9 Å². The molecule has 0 bridgehead atoms. The Kier molecular flexibility index (Phi) is 11.2. The first-order chi connectivity index (χ1) is 17.0. The molecule has 0 spiro atoms. The van der Waals surface area contributed by atoms with Gasteiger partial charge in [0.1, 0.15) is 43.2 Å². The Morgan fingerprint density at radius 1 is 0.886 bits per heavy atom. The van der Waals surface area contributed by atoms with Crippen molar-refractivity contribution in [1.29, 1.82) is 0 Å². The van der Waals surface area contributed by atoms with Crippen LogP contribution in [0.4, 0.5) is 0 Å². The third kappa shape index (κ3) is 9.43. The van der Waals surface area contributed by atoms with Crippen molar-refractivity contribution in [2.45, 2.75) is 71.2 Å². The normalized spacial score (nSPS) is 19.7. The maximum absolute atomic E-state index is 11.7. The second kappa shape index (κ2) is 14.6. The van der Waals surface area contributed by atoms with Gasteiger partial charge in [-0.25, -0.2) is 0 Å². The van der Waals surface area contributed by atoms with E-state index in [1.165, 1.54) is 24.7 Å². The summed E-state index contributed by atoms with van der Waals surface area (Å²) < 4.78 is 32.4. The maximum atomic E-state index is 11.7. The van der Waals surface area contributed by atoms with E-state index in [0.717, 1.165) is 45.1 Å². The molecule has 9 nitrogen and oxygen atoms in total. The van der Waals surface area contributed by atoms with Crippen LogP contribution in [0, 0.1) is 18.8 Å². The van der Waals surface area contributed by atoms with Crippen molar-refractivity contribution < 1.29 is 32.9 Å². The molecule has 2 aliphatic heterocycles. The maximum Gasteiger partial charge on any atom is 0.200 e. The van der Waals surface area contributed by atoms with E-state index in [9.17, 15) is 9.59 Å². The highest BCUT2D eigenvalue weighted by atomic mass is 16.7. The average Bonchev–Trinajstić information content (AvgIpc) is 2.89. The van der Waals surface area contributed by atoms with Crippen LogP contribution in [0.2, 0.25) is 0 Å². The molecule has 0 saturated carbocycles. The van der Waals surface area contributed by atoms with Gasteiger partial charge in [0, 0.05) is 30.9 Å². The van der Waals surface area contributed by atoms with Crippen molar-refractivity contribution in [2.75, 3.05) is 19.8 Å². The quantitative estimate of drug-likeness (QED) is 0.612. The zero-order chi connectivity index (χ0) is 24.9. The third-order valence-electron chi connectivity index (χ3n) is 5.35. The first kappa shape index (κ1) is 26.9. The number of aliphatic hydroxyl groups excluding tert-OH is 1. The predicted molar refractivity (Wildman–Crippen MR) is 125 cm³/mol. The summed E-state index contributed by atoms with van der Waals surface area (Å²) in [4.78, 5) is 23.0. The lowest BCUT2D eigenvalue weighted by Crippen LogP contribution is -2.22. The lowest BCUT2D eigenvalue weighted by molar-refractivity contribution is -0.171. The van der Waals surface area contributed by atoms with Gasteiger partial charge in [-0.2, -0.15) is 0 Å². The zero-order valence-corrected chi connectivity index (χ0v) is 20.0. The first-order valence-electron chi connectivity index (χ1n) is 11.8. The molecule has 1 N–H and O–H groups in total. The number of aliphatic hydroxyl groups is 1. The molecule has 2 atom stereocenters. The van der Waals surface area contributed by atoms with Crippen LogP contribution in [-0.2, 0) is 32.2 Å². The SMILES string of the molecule is Cc1coc(COC2CCCCO2)cc1=O.O=c1cc(COC2CCCCO2)occ1C#CCO. The summed E-state index contributed by atoms with van der Waals surface area (Å²) in [6, 6.07) is 2.82. The molecule has 2 fully saturated rings. The molecule has 0 radical (unpaired) electrons. The Morgan fingerprint density at radius 2 is 1.46 bits per heavy atom. The molecular weight excluding hydrogens is 456 g/mol. The Bertz CT molecular complexity index is 1080. The molecule has 0 aromatic carbocycles. The summed E-state index contributed by atoms with van der Waals surface area (Å²) >= 11 is 0. The number of ether oxygens (including phenoxy) is 4. The Labute approximate surface area is 204 Å². The fourth-order valence-corrected chi connectivity index (χ4v) is 3.38. The third-order valence-corrected chi connectivity index (χ3v) is 5.35. The smallest absolute Gasteiger partial charge is 0.200 e. The Balaban J connectivity index is 0.000000198. The number of hydrogen-bond acceptors (Lipinski definition) is 9. The van der Waals surface area contributed by atoms with E-state index in [4.69, 9.17) is 32.9 Å². The summed E-state index contributed by atoms with van der Waals surface area (Å²) in [7, 11) is 0. The van der Waals surface area contributed by atoms with E-state index in [1.807, 2.05) is 0 Å². The average molecular weight is 489 g/mol. The highest BCUT2D eigenvalue weighted by Gasteiger charge is 2.15. The molecule has 2 aliphatic rings. The minimum absolute atomic E-state index is 0.0191. The van der Waals surface area contributed by atoms with E-state index in [0.29, 0.717) is 30.3 Å². The molecule has 4 rings (SSSR count). The number of rotatable bonds is 6.